The fourth-order valence-electron chi connectivity index (χ4n) is 3.97. The zero-order chi connectivity index (χ0) is 19.3. The van der Waals surface area contributed by atoms with Crippen LogP contribution in [0.25, 0.3) is 10.8 Å². The Morgan fingerprint density at radius 3 is 2.54 bits per heavy atom. The van der Waals surface area contributed by atoms with Crippen LogP contribution >= 0.6 is 0 Å². The fourth-order valence-corrected chi connectivity index (χ4v) is 3.97. The van der Waals surface area contributed by atoms with Crippen molar-refractivity contribution < 1.29 is 24.1 Å². The minimum atomic E-state index is 0.170. The maximum atomic E-state index is 10.8. The van der Waals surface area contributed by atoms with Crippen molar-refractivity contribution in [2.45, 2.75) is 6.42 Å². The van der Waals surface area contributed by atoms with Gasteiger partial charge in [0.15, 0.2) is 23.0 Å². The number of methoxy groups -OCH3 is 2. The van der Waals surface area contributed by atoms with E-state index in [-0.39, 0.29) is 12.5 Å². The van der Waals surface area contributed by atoms with Crippen LogP contribution in [0.4, 0.5) is 0 Å². The molecule has 2 aliphatic heterocycles. The molecule has 0 spiro atoms. The van der Waals surface area contributed by atoms with Gasteiger partial charge < -0.3 is 24.1 Å². The molecule has 1 N–H and O–H groups in total. The van der Waals surface area contributed by atoms with E-state index >= 15 is 0 Å². The first-order chi connectivity index (χ1) is 13.7. The number of ether oxygens (including phenoxy) is 4. The normalized spacial score (nSPS) is 14.6. The molecule has 6 nitrogen and oxygen atoms in total. The molecule has 0 radical (unpaired) electrons. The van der Waals surface area contributed by atoms with E-state index in [0.29, 0.717) is 29.4 Å². The summed E-state index contributed by atoms with van der Waals surface area (Å²) in [6.07, 6.45) is 0.818. The largest absolute Gasteiger partial charge is 0.507 e. The van der Waals surface area contributed by atoms with Gasteiger partial charge in [0.05, 0.1) is 25.5 Å². The second-order valence-electron chi connectivity index (χ2n) is 6.70. The molecule has 3 aromatic rings. The van der Waals surface area contributed by atoms with E-state index in [0.717, 1.165) is 39.8 Å². The molecule has 0 aromatic heterocycles. The summed E-state index contributed by atoms with van der Waals surface area (Å²) >= 11 is 0. The Kier molecular flexibility index (Phi) is 3.79. The molecule has 2 heterocycles. The zero-order valence-electron chi connectivity index (χ0n) is 15.6. The number of hydrogen-bond donors (Lipinski definition) is 1. The molecule has 142 valence electrons. The summed E-state index contributed by atoms with van der Waals surface area (Å²) in [6.45, 7) is 0.867. The van der Waals surface area contributed by atoms with Gasteiger partial charge in [0.25, 0.3) is 0 Å². The number of fused-ring (bicyclic) bond motifs is 3. The second kappa shape index (κ2) is 6.34. The Labute approximate surface area is 161 Å². The number of hydrogen-bond acceptors (Lipinski definition) is 6. The highest BCUT2D eigenvalue weighted by Gasteiger charge is 2.26. The lowest BCUT2D eigenvalue weighted by Crippen LogP contribution is -2.15. The van der Waals surface area contributed by atoms with Gasteiger partial charge in [-0.15, -0.1) is 0 Å². The average Bonchev–Trinajstić information content (AvgIpc) is 3.18. The number of rotatable bonds is 3. The summed E-state index contributed by atoms with van der Waals surface area (Å²) in [5.74, 6) is 2.90. The van der Waals surface area contributed by atoms with Gasteiger partial charge in [-0.1, -0.05) is 0 Å². The Bertz CT molecular complexity index is 1140. The highest BCUT2D eigenvalue weighted by molar-refractivity contribution is 6.22. The van der Waals surface area contributed by atoms with E-state index in [1.54, 1.807) is 20.3 Å². The van der Waals surface area contributed by atoms with Crippen LogP contribution in [0.15, 0.2) is 41.4 Å². The van der Waals surface area contributed by atoms with Crippen molar-refractivity contribution in [3.05, 3.63) is 53.1 Å². The van der Waals surface area contributed by atoms with Gasteiger partial charge in [-0.3, -0.25) is 4.99 Å². The molecule has 2 aliphatic rings. The number of phenols is 1. The number of aliphatic imine (C=N–C) groups is 1. The van der Waals surface area contributed by atoms with Gasteiger partial charge in [-0.25, -0.2) is 0 Å². The van der Waals surface area contributed by atoms with Crippen molar-refractivity contribution in [3.8, 4) is 28.7 Å². The van der Waals surface area contributed by atoms with Crippen molar-refractivity contribution >= 4 is 16.5 Å². The first kappa shape index (κ1) is 16.7. The minimum absolute atomic E-state index is 0.170. The van der Waals surface area contributed by atoms with E-state index in [2.05, 4.69) is 0 Å². The van der Waals surface area contributed by atoms with Crippen LogP contribution in [0.2, 0.25) is 0 Å². The van der Waals surface area contributed by atoms with Crippen molar-refractivity contribution in [1.82, 2.24) is 0 Å². The van der Waals surface area contributed by atoms with Crippen LogP contribution in [0, 0.1) is 0 Å². The molecule has 0 unspecified atom stereocenters. The molecule has 0 fully saturated rings. The fraction of sp³-hybridized carbons (Fsp3) is 0.227. The van der Waals surface area contributed by atoms with Gasteiger partial charge in [-0.2, -0.15) is 0 Å². The number of aromatic hydroxyl groups is 1. The monoisotopic (exact) mass is 377 g/mol. The Morgan fingerprint density at radius 2 is 1.75 bits per heavy atom. The SMILES string of the molecule is COc1ccc2c(C3=NCCc4cc5c(cc43)OCO5)c(O)ccc2c1OC. The molecule has 0 amide bonds. The standard InChI is InChI=1S/C22H19NO5/c1-25-17-6-4-13-14(22(17)26-2)3-5-16(24)20(13)21-15-10-19-18(27-11-28-19)9-12(15)7-8-23-21/h3-6,9-10,24H,7-8,11H2,1-2H3. The van der Waals surface area contributed by atoms with Crippen molar-refractivity contribution in [3.63, 3.8) is 0 Å². The quantitative estimate of drug-likeness (QED) is 0.754. The molecule has 0 atom stereocenters. The summed E-state index contributed by atoms with van der Waals surface area (Å²) < 4.78 is 22.1. The van der Waals surface area contributed by atoms with E-state index in [1.807, 2.05) is 30.3 Å². The van der Waals surface area contributed by atoms with Crippen LogP contribution in [0.1, 0.15) is 16.7 Å². The first-order valence-electron chi connectivity index (χ1n) is 9.05. The summed E-state index contributed by atoms with van der Waals surface area (Å²) in [5, 5.41) is 12.5. The lowest BCUT2D eigenvalue weighted by atomic mass is 9.89. The van der Waals surface area contributed by atoms with Gasteiger partial charge in [-0.05, 0) is 53.8 Å². The van der Waals surface area contributed by atoms with E-state index < -0.39 is 0 Å². The lowest BCUT2D eigenvalue weighted by Gasteiger charge is -2.21. The van der Waals surface area contributed by atoms with Gasteiger partial charge in [0.2, 0.25) is 6.79 Å². The van der Waals surface area contributed by atoms with Crippen LogP contribution in [0.3, 0.4) is 0 Å². The van der Waals surface area contributed by atoms with Gasteiger partial charge in [0.1, 0.15) is 5.75 Å². The third-order valence-corrected chi connectivity index (χ3v) is 5.26. The molecule has 3 aromatic carbocycles. The second-order valence-corrected chi connectivity index (χ2v) is 6.70. The van der Waals surface area contributed by atoms with Gasteiger partial charge >= 0.3 is 0 Å². The Balaban J connectivity index is 1.77. The third kappa shape index (κ3) is 2.37. The molecule has 0 saturated carbocycles. The molecule has 0 bridgehead atoms. The average molecular weight is 377 g/mol. The van der Waals surface area contributed by atoms with E-state index in [9.17, 15) is 5.11 Å². The van der Waals surface area contributed by atoms with Crippen LogP contribution < -0.4 is 18.9 Å². The summed E-state index contributed by atoms with van der Waals surface area (Å²) in [6, 6.07) is 11.2. The molecule has 0 aliphatic carbocycles. The summed E-state index contributed by atoms with van der Waals surface area (Å²) in [4.78, 5) is 4.76. The lowest BCUT2D eigenvalue weighted by molar-refractivity contribution is 0.174. The number of phenolic OH excluding ortho intramolecular Hbond substituents is 1. The molecule has 5 rings (SSSR count). The maximum absolute atomic E-state index is 10.8. The highest BCUT2D eigenvalue weighted by atomic mass is 16.7. The smallest absolute Gasteiger partial charge is 0.231 e. The molecule has 28 heavy (non-hydrogen) atoms. The van der Waals surface area contributed by atoms with Gasteiger partial charge in [0, 0.05) is 17.5 Å². The van der Waals surface area contributed by atoms with E-state index in [1.165, 1.54) is 0 Å². The van der Waals surface area contributed by atoms with Crippen LogP contribution in [-0.4, -0.2) is 38.4 Å². The van der Waals surface area contributed by atoms with Crippen molar-refractivity contribution in [2.75, 3.05) is 27.6 Å². The molecule has 0 saturated heterocycles. The van der Waals surface area contributed by atoms with Crippen molar-refractivity contribution in [1.29, 1.82) is 0 Å². The number of benzene rings is 3. The van der Waals surface area contributed by atoms with Crippen LogP contribution in [0.5, 0.6) is 28.7 Å². The predicted octanol–water partition coefficient (Wildman–Crippen LogP) is 3.68. The first-order valence-corrected chi connectivity index (χ1v) is 9.05. The summed E-state index contributed by atoms with van der Waals surface area (Å²) in [7, 11) is 3.22. The Morgan fingerprint density at radius 1 is 0.964 bits per heavy atom. The summed E-state index contributed by atoms with van der Waals surface area (Å²) in [5.41, 5.74) is 3.51. The van der Waals surface area contributed by atoms with Crippen LogP contribution in [-0.2, 0) is 6.42 Å². The number of nitrogens with zero attached hydrogens (tertiary/aromatic N) is 1. The third-order valence-electron chi connectivity index (χ3n) is 5.26. The Hall–Kier alpha value is -3.41. The molecule has 6 heteroatoms. The maximum Gasteiger partial charge on any atom is 0.231 e. The van der Waals surface area contributed by atoms with E-state index in [4.69, 9.17) is 23.9 Å². The van der Waals surface area contributed by atoms with Crippen molar-refractivity contribution in [2.24, 2.45) is 4.99 Å². The predicted molar refractivity (Wildman–Crippen MR) is 105 cm³/mol. The zero-order valence-corrected chi connectivity index (χ0v) is 15.6. The minimum Gasteiger partial charge on any atom is -0.507 e. The molecular weight excluding hydrogens is 358 g/mol. The highest BCUT2D eigenvalue weighted by Crippen LogP contribution is 2.42. The topological polar surface area (TPSA) is 69.5 Å². The molecular formula is C22H19NO5.